The fourth-order valence-corrected chi connectivity index (χ4v) is 3.25. The fraction of sp³-hybridized carbons (Fsp3) is 0.793. The van der Waals surface area contributed by atoms with Crippen LogP contribution in [0.3, 0.4) is 0 Å². The van der Waals surface area contributed by atoms with Crippen molar-refractivity contribution in [2.24, 2.45) is 0 Å². The quantitative estimate of drug-likeness (QED) is 0.0810. The molecule has 41 heavy (non-hydrogen) atoms. The summed E-state index contributed by atoms with van der Waals surface area (Å²) in [7, 11) is 0. The first kappa shape index (κ1) is 38.3. The van der Waals surface area contributed by atoms with Gasteiger partial charge < -0.3 is 52.1 Å². The predicted molar refractivity (Wildman–Crippen MR) is 158 cm³/mol. The third-order valence-corrected chi connectivity index (χ3v) is 5.38. The van der Waals surface area contributed by atoms with E-state index in [1.165, 1.54) is 0 Å². The average Bonchev–Trinajstić information content (AvgIpc) is 3.00. The van der Waals surface area contributed by atoms with E-state index in [4.69, 9.17) is 52.1 Å². The van der Waals surface area contributed by atoms with Gasteiger partial charge >= 0.3 is 0 Å². The second-order valence-electron chi connectivity index (χ2n) is 8.35. The molecule has 0 aromatic heterocycles. The molecule has 0 radical (unpaired) electrons. The van der Waals surface area contributed by atoms with Crippen LogP contribution in [0.2, 0.25) is 0 Å². The summed E-state index contributed by atoms with van der Waals surface area (Å²) < 4.78 is 60.0. The van der Waals surface area contributed by atoms with E-state index < -0.39 is 0 Å². The summed E-state index contributed by atoms with van der Waals surface area (Å²) in [5.74, 6) is 0. The van der Waals surface area contributed by atoms with Gasteiger partial charge in [-0.05, 0) is 5.56 Å². The van der Waals surface area contributed by atoms with Crippen molar-refractivity contribution in [3.8, 4) is 0 Å². The summed E-state index contributed by atoms with van der Waals surface area (Å²) >= 11 is 3.30. The molecule has 1 rings (SSSR count). The van der Waals surface area contributed by atoms with Gasteiger partial charge in [0, 0.05) is 5.33 Å². The Balaban J connectivity index is 1.61. The number of hydrogen-bond donors (Lipinski definition) is 0. The largest absolute Gasteiger partial charge is 0.378 e. The third-order valence-electron chi connectivity index (χ3n) is 5.05. The maximum atomic E-state index is 5.56. The predicted octanol–water partition coefficient (Wildman–Crippen LogP) is 2.76. The van der Waals surface area contributed by atoms with Gasteiger partial charge in [-0.3, -0.25) is 0 Å². The highest BCUT2D eigenvalue weighted by atomic mass is 79.9. The molecule has 0 aliphatic carbocycles. The van der Waals surface area contributed by atoms with Gasteiger partial charge in [0.05, 0.1) is 145 Å². The molecule has 0 N–H and O–H groups in total. The lowest BCUT2D eigenvalue weighted by atomic mass is 10.2. The molecule has 240 valence electrons. The summed E-state index contributed by atoms with van der Waals surface area (Å²) in [6.45, 7) is 12.1. The van der Waals surface area contributed by atoms with E-state index >= 15 is 0 Å². The number of halogens is 1. The van der Waals surface area contributed by atoms with Crippen molar-refractivity contribution >= 4 is 15.9 Å². The molecule has 0 aliphatic rings. The molecule has 0 unspecified atom stereocenters. The first-order valence-electron chi connectivity index (χ1n) is 14.4. The van der Waals surface area contributed by atoms with Crippen LogP contribution >= 0.6 is 15.9 Å². The smallest absolute Gasteiger partial charge is 0.0718 e. The summed E-state index contributed by atoms with van der Waals surface area (Å²) in [5, 5.41) is 0.839. The maximum Gasteiger partial charge on any atom is 0.0718 e. The molecular weight excluding hydrogens is 604 g/mol. The molecule has 0 aliphatic heterocycles. The Morgan fingerprint density at radius 3 is 0.829 bits per heavy atom. The van der Waals surface area contributed by atoms with Crippen molar-refractivity contribution < 1.29 is 52.1 Å². The summed E-state index contributed by atoms with van der Waals surface area (Å²) in [6.07, 6.45) is 0. The molecule has 0 atom stereocenters. The lowest BCUT2D eigenvalue weighted by molar-refractivity contribution is -0.0276. The molecule has 0 saturated carbocycles. The topological polar surface area (TPSA) is 102 Å². The van der Waals surface area contributed by atoms with Crippen molar-refractivity contribution in [3.63, 3.8) is 0 Å². The van der Waals surface area contributed by atoms with E-state index in [0.29, 0.717) is 145 Å². The number of hydrogen-bond acceptors (Lipinski definition) is 11. The van der Waals surface area contributed by atoms with Crippen LogP contribution in [-0.4, -0.2) is 144 Å². The summed E-state index contributed by atoms with van der Waals surface area (Å²) in [5.41, 5.74) is 1.16. The van der Waals surface area contributed by atoms with E-state index in [1.807, 2.05) is 30.3 Å². The number of ether oxygens (including phenoxy) is 11. The minimum absolute atomic E-state index is 0.519. The van der Waals surface area contributed by atoms with Crippen molar-refractivity contribution in [1.82, 2.24) is 0 Å². The van der Waals surface area contributed by atoms with Gasteiger partial charge in [-0.15, -0.1) is 0 Å². The van der Waals surface area contributed by atoms with Crippen molar-refractivity contribution in [2.75, 3.05) is 144 Å². The number of alkyl halides is 1. The Labute approximate surface area is 254 Å². The highest BCUT2D eigenvalue weighted by Crippen LogP contribution is 2.00. The maximum absolute atomic E-state index is 5.56. The third kappa shape index (κ3) is 30.5. The van der Waals surface area contributed by atoms with Crippen LogP contribution in [-0.2, 0) is 58.7 Å². The number of benzene rings is 1. The second-order valence-corrected chi connectivity index (χ2v) is 9.14. The molecule has 0 bridgehead atoms. The van der Waals surface area contributed by atoms with E-state index in [1.54, 1.807) is 0 Å². The zero-order valence-corrected chi connectivity index (χ0v) is 26.1. The van der Waals surface area contributed by atoms with E-state index in [0.717, 1.165) is 10.9 Å². The van der Waals surface area contributed by atoms with E-state index in [-0.39, 0.29) is 0 Å². The molecule has 12 heteroatoms. The van der Waals surface area contributed by atoms with Crippen LogP contribution in [0.25, 0.3) is 0 Å². The van der Waals surface area contributed by atoms with Gasteiger partial charge in [0.15, 0.2) is 0 Å². The van der Waals surface area contributed by atoms with E-state index in [9.17, 15) is 0 Å². The van der Waals surface area contributed by atoms with Crippen molar-refractivity contribution in [1.29, 1.82) is 0 Å². The zero-order valence-electron chi connectivity index (χ0n) is 24.5. The van der Waals surface area contributed by atoms with Crippen LogP contribution in [0, 0.1) is 0 Å². The van der Waals surface area contributed by atoms with Gasteiger partial charge in [0.1, 0.15) is 0 Å². The minimum Gasteiger partial charge on any atom is -0.378 e. The van der Waals surface area contributed by atoms with Gasteiger partial charge in [0.25, 0.3) is 0 Å². The number of rotatable bonds is 34. The van der Waals surface area contributed by atoms with Crippen LogP contribution in [0.5, 0.6) is 0 Å². The molecule has 0 fully saturated rings. The highest BCUT2D eigenvalue weighted by molar-refractivity contribution is 9.09. The standard InChI is InChI=1S/C29H51BrO11/c30-6-7-31-8-9-32-10-11-33-12-13-34-14-15-35-16-17-36-18-19-37-20-21-38-22-23-39-24-25-40-26-27-41-28-29-4-2-1-3-5-29/h1-5H,6-28H2. The molecular formula is C29H51BrO11. The van der Waals surface area contributed by atoms with Crippen LogP contribution < -0.4 is 0 Å². The summed E-state index contributed by atoms with van der Waals surface area (Å²) in [4.78, 5) is 0. The van der Waals surface area contributed by atoms with E-state index in [2.05, 4.69) is 15.9 Å². The zero-order chi connectivity index (χ0) is 29.2. The fourth-order valence-electron chi connectivity index (χ4n) is 3.02. The first-order chi connectivity index (χ1) is 20.4. The SMILES string of the molecule is BrCCOCCOCCOCCOCCOCCOCCOCCOCCOCCOCCOCc1ccccc1. The molecule has 0 heterocycles. The van der Waals surface area contributed by atoms with Gasteiger partial charge in [-0.1, -0.05) is 46.3 Å². The van der Waals surface area contributed by atoms with Crippen LogP contribution in [0.4, 0.5) is 0 Å². The molecule has 0 amide bonds. The lowest BCUT2D eigenvalue weighted by Gasteiger charge is -2.09. The second kappa shape index (κ2) is 33.8. The lowest BCUT2D eigenvalue weighted by Crippen LogP contribution is -2.15. The highest BCUT2D eigenvalue weighted by Gasteiger charge is 1.96. The summed E-state index contributed by atoms with van der Waals surface area (Å²) in [6, 6.07) is 10.1. The molecule has 0 spiro atoms. The van der Waals surface area contributed by atoms with Crippen molar-refractivity contribution in [2.45, 2.75) is 6.61 Å². The van der Waals surface area contributed by atoms with Crippen LogP contribution in [0.15, 0.2) is 30.3 Å². The average molecular weight is 656 g/mol. The Hall–Kier alpha value is -0.740. The Morgan fingerprint density at radius 1 is 0.317 bits per heavy atom. The van der Waals surface area contributed by atoms with Gasteiger partial charge in [-0.2, -0.15) is 0 Å². The Bertz CT molecular complexity index is 616. The van der Waals surface area contributed by atoms with Gasteiger partial charge in [-0.25, -0.2) is 0 Å². The normalized spacial score (nSPS) is 11.4. The first-order valence-corrected chi connectivity index (χ1v) is 15.5. The monoisotopic (exact) mass is 654 g/mol. The van der Waals surface area contributed by atoms with Crippen LogP contribution in [0.1, 0.15) is 5.56 Å². The molecule has 0 saturated heterocycles. The Morgan fingerprint density at radius 2 is 0.561 bits per heavy atom. The minimum atomic E-state index is 0.519. The molecule has 1 aromatic rings. The van der Waals surface area contributed by atoms with Gasteiger partial charge in [0.2, 0.25) is 0 Å². The van der Waals surface area contributed by atoms with Crippen molar-refractivity contribution in [3.05, 3.63) is 35.9 Å². The Kier molecular flexibility index (Phi) is 31.5. The molecule has 11 nitrogen and oxygen atoms in total. The molecule has 1 aromatic carbocycles.